The summed E-state index contributed by atoms with van der Waals surface area (Å²) >= 11 is 8.23. The summed E-state index contributed by atoms with van der Waals surface area (Å²) in [5.41, 5.74) is 2.68. The van der Waals surface area contributed by atoms with Gasteiger partial charge in [-0.05, 0) is 58.0 Å². The summed E-state index contributed by atoms with van der Waals surface area (Å²) in [5, 5.41) is 2.98. The SMILES string of the molecule is CCOc1ccc2c(c1)C(=C1SC(C(=O)OC)=C(C(=O)OC)S1)C(=S)C(C)(C)N2C(=O)Nc1ccc(C)cc1. The van der Waals surface area contributed by atoms with Crippen LogP contribution in [-0.2, 0) is 19.1 Å². The Bertz CT molecular complexity index is 1400. The number of esters is 2. The first kappa shape index (κ1) is 28.7. The number of urea groups is 1. The second-order valence-electron chi connectivity index (χ2n) is 9.14. The molecule has 1 N–H and O–H groups in total. The van der Waals surface area contributed by atoms with E-state index in [0.717, 1.165) is 29.1 Å². The quantitative estimate of drug-likeness (QED) is 0.247. The zero-order valence-electron chi connectivity index (χ0n) is 22.4. The average molecular weight is 585 g/mol. The number of thiocarbonyl (C=S) groups is 1. The number of ether oxygens (including phenoxy) is 3. The van der Waals surface area contributed by atoms with Crippen molar-refractivity contribution < 1.29 is 28.6 Å². The molecule has 204 valence electrons. The van der Waals surface area contributed by atoms with Gasteiger partial charge in [0.1, 0.15) is 15.6 Å². The summed E-state index contributed by atoms with van der Waals surface area (Å²) in [4.78, 5) is 41.2. The molecular weight excluding hydrogens is 557 g/mol. The molecule has 0 unspecified atom stereocenters. The summed E-state index contributed by atoms with van der Waals surface area (Å²) in [6.45, 7) is 8.03. The third-order valence-corrected chi connectivity index (χ3v) is 9.44. The largest absolute Gasteiger partial charge is 0.494 e. The molecule has 0 atom stereocenters. The molecule has 0 spiro atoms. The van der Waals surface area contributed by atoms with Gasteiger partial charge in [-0.1, -0.05) is 53.4 Å². The second kappa shape index (κ2) is 11.4. The fourth-order valence-corrected chi connectivity index (χ4v) is 7.27. The Kier molecular flexibility index (Phi) is 8.43. The average Bonchev–Trinajstić information content (AvgIpc) is 3.35. The third kappa shape index (κ3) is 5.43. The zero-order valence-corrected chi connectivity index (χ0v) is 24.8. The Morgan fingerprint density at radius 3 is 2.10 bits per heavy atom. The number of amides is 2. The van der Waals surface area contributed by atoms with Crippen molar-refractivity contribution in [1.82, 2.24) is 0 Å². The van der Waals surface area contributed by atoms with Crippen molar-refractivity contribution in [3.8, 4) is 5.75 Å². The van der Waals surface area contributed by atoms with E-state index in [1.165, 1.54) is 14.2 Å². The van der Waals surface area contributed by atoms with Crippen LogP contribution in [0.5, 0.6) is 5.75 Å². The van der Waals surface area contributed by atoms with Crippen LogP contribution in [0.4, 0.5) is 16.2 Å². The van der Waals surface area contributed by atoms with Crippen LogP contribution in [0.3, 0.4) is 0 Å². The van der Waals surface area contributed by atoms with E-state index in [2.05, 4.69) is 5.32 Å². The number of fused-ring (bicyclic) bond motifs is 1. The maximum absolute atomic E-state index is 13.7. The van der Waals surface area contributed by atoms with Crippen molar-refractivity contribution in [1.29, 1.82) is 0 Å². The van der Waals surface area contributed by atoms with Crippen LogP contribution < -0.4 is 15.0 Å². The molecule has 0 aromatic heterocycles. The summed E-state index contributed by atoms with van der Waals surface area (Å²) in [7, 11) is 2.51. The minimum atomic E-state index is -0.951. The zero-order chi connectivity index (χ0) is 28.5. The van der Waals surface area contributed by atoms with Crippen molar-refractivity contribution in [3.05, 3.63) is 67.6 Å². The maximum Gasteiger partial charge on any atom is 0.346 e. The molecule has 0 saturated heterocycles. The molecule has 2 aliphatic rings. The highest BCUT2D eigenvalue weighted by atomic mass is 32.2. The van der Waals surface area contributed by atoms with E-state index in [1.807, 2.05) is 64.1 Å². The second-order valence-corrected chi connectivity index (χ2v) is 11.8. The first-order valence-corrected chi connectivity index (χ1v) is 14.1. The van der Waals surface area contributed by atoms with Crippen LogP contribution in [0, 0.1) is 6.92 Å². The first-order chi connectivity index (χ1) is 18.5. The Morgan fingerprint density at radius 1 is 0.974 bits per heavy atom. The summed E-state index contributed by atoms with van der Waals surface area (Å²) < 4.78 is 16.2. The Morgan fingerprint density at radius 2 is 1.56 bits per heavy atom. The number of aryl methyl sites for hydroxylation is 1. The van der Waals surface area contributed by atoms with E-state index in [1.54, 1.807) is 11.0 Å². The van der Waals surface area contributed by atoms with Gasteiger partial charge in [-0.15, -0.1) is 0 Å². The number of benzene rings is 2. The van der Waals surface area contributed by atoms with Gasteiger partial charge < -0.3 is 19.5 Å². The van der Waals surface area contributed by atoms with Gasteiger partial charge in [-0.2, -0.15) is 0 Å². The lowest BCUT2D eigenvalue weighted by Gasteiger charge is -2.45. The molecule has 2 amide bonds. The molecule has 8 nitrogen and oxygen atoms in total. The van der Waals surface area contributed by atoms with E-state index in [-0.39, 0.29) is 15.8 Å². The van der Waals surface area contributed by atoms with E-state index in [9.17, 15) is 14.4 Å². The molecule has 0 bridgehead atoms. The Hall–Kier alpha value is -3.28. The van der Waals surface area contributed by atoms with E-state index < -0.39 is 17.5 Å². The number of nitrogens with zero attached hydrogens (tertiary/aromatic N) is 1. The number of rotatable bonds is 5. The monoisotopic (exact) mass is 584 g/mol. The van der Waals surface area contributed by atoms with Crippen molar-refractivity contribution in [2.24, 2.45) is 0 Å². The van der Waals surface area contributed by atoms with Gasteiger partial charge in [0, 0.05) is 16.8 Å². The van der Waals surface area contributed by atoms with Gasteiger partial charge in [-0.25, -0.2) is 14.4 Å². The van der Waals surface area contributed by atoms with Gasteiger partial charge in [0.25, 0.3) is 0 Å². The molecule has 39 heavy (non-hydrogen) atoms. The van der Waals surface area contributed by atoms with Gasteiger partial charge in [0.2, 0.25) is 0 Å². The number of hydrogen-bond donors (Lipinski definition) is 1. The molecule has 4 rings (SSSR count). The lowest BCUT2D eigenvalue weighted by Crippen LogP contribution is -2.57. The van der Waals surface area contributed by atoms with Crippen molar-refractivity contribution in [2.45, 2.75) is 33.2 Å². The van der Waals surface area contributed by atoms with Crippen LogP contribution in [0.2, 0.25) is 0 Å². The van der Waals surface area contributed by atoms with Gasteiger partial charge in [0.05, 0.1) is 41.2 Å². The summed E-state index contributed by atoms with van der Waals surface area (Å²) in [6, 6.07) is 12.6. The Balaban J connectivity index is 1.87. The van der Waals surface area contributed by atoms with Crippen LogP contribution in [0.25, 0.3) is 5.57 Å². The molecule has 0 fully saturated rings. The maximum atomic E-state index is 13.7. The number of thioether (sulfide) groups is 2. The van der Waals surface area contributed by atoms with Crippen LogP contribution in [0.15, 0.2) is 56.5 Å². The third-order valence-electron chi connectivity index (χ3n) is 6.18. The van der Waals surface area contributed by atoms with Crippen molar-refractivity contribution in [3.63, 3.8) is 0 Å². The Labute approximate surface area is 241 Å². The molecule has 2 aromatic carbocycles. The predicted molar refractivity (Wildman–Crippen MR) is 160 cm³/mol. The van der Waals surface area contributed by atoms with Crippen molar-refractivity contribution >= 4 is 75.5 Å². The van der Waals surface area contributed by atoms with Crippen LogP contribution in [0.1, 0.15) is 31.9 Å². The molecule has 2 aliphatic heterocycles. The first-order valence-electron chi connectivity index (χ1n) is 12.0. The van der Waals surface area contributed by atoms with Crippen molar-refractivity contribution in [2.75, 3.05) is 31.0 Å². The minimum absolute atomic E-state index is 0.125. The summed E-state index contributed by atoms with van der Waals surface area (Å²) in [5.74, 6) is -0.697. The van der Waals surface area contributed by atoms with E-state index in [4.69, 9.17) is 26.4 Å². The fraction of sp³-hybridized carbons (Fsp3) is 0.286. The molecule has 0 aliphatic carbocycles. The topological polar surface area (TPSA) is 94.2 Å². The molecule has 11 heteroatoms. The molecule has 2 aromatic rings. The van der Waals surface area contributed by atoms with Crippen LogP contribution >= 0.6 is 35.7 Å². The molecule has 0 radical (unpaired) electrons. The van der Waals surface area contributed by atoms with E-state index >= 15 is 0 Å². The number of anilines is 2. The normalized spacial score (nSPS) is 16.2. The number of methoxy groups -OCH3 is 2. The van der Waals surface area contributed by atoms with Crippen LogP contribution in [-0.4, -0.2) is 49.2 Å². The van der Waals surface area contributed by atoms with Gasteiger partial charge in [-0.3, -0.25) is 4.90 Å². The molecule has 2 heterocycles. The highest BCUT2D eigenvalue weighted by molar-refractivity contribution is 8.29. The van der Waals surface area contributed by atoms with Gasteiger partial charge >= 0.3 is 18.0 Å². The minimum Gasteiger partial charge on any atom is -0.494 e. The van der Waals surface area contributed by atoms with E-state index in [0.29, 0.717) is 44.0 Å². The number of carbonyl (C=O) groups is 3. The molecular formula is C28H28N2O6S3. The van der Waals surface area contributed by atoms with Gasteiger partial charge in [0.15, 0.2) is 0 Å². The lowest BCUT2D eigenvalue weighted by molar-refractivity contribution is -0.138. The smallest absolute Gasteiger partial charge is 0.346 e. The lowest BCUT2D eigenvalue weighted by atomic mass is 9.83. The number of hydrogen-bond acceptors (Lipinski definition) is 9. The number of nitrogens with one attached hydrogen (secondary N) is 1. The predicted octanol–water partition coefficient (Wildman–Crippen LogP) is 6.30. The highest BCUT2D eigenvalue weighted by Gasteiger charge is 2.46. The fourth-order valence-electron chi connectivity index (χ4n) is 4.24. The molecule has 0 saturated carbocycles. The summed E-state index contributed by atoms with van der Waals surface area (Å²) in [6.07, 6.45) is 0. The highest BCUT2D eigenvalue weighted by Crippen LogP contribution is 2.56. The number of carbonyl (C=O) groups excluding carboxylic acids is 3. The standard InChI is InChI=1S/C28H28N2O6S3/c1-7-36-17-12-13-19-18(14-17)20(26-38-21(24(31)34-5)22(39-26)25(32)35-6)23(37)28(3,4)30(19)27(33)29-16-10-8-15(2)9-11-16/h8-14H,7H2,1-6H3,(H,29,33).